The minimum atomic E-state index is -0.114. The van der Waals surface area contributed by atoms with Gasteiger partial charge in [0.25, 0.3) is 0 Å². The van der Waals surface area contributed by atoms with E-state index >= 15 is 0 Å². The van der Waals surface area contributed by atoms with E-state index in [0.29, 0.717) is 5.89 Å². The van der Waals surface area contributed by atoms with Crippen LogP contribution in [0.1, 0.15) is 51.0 Å². The first kappa shape index (κ1) is 17.7. The molecule has 6 heteroatoms. The molecule has 6 nitrogen and oxygen atoms in total. The van der Waals surface area contributed by atoms with Gasteiger partial charge in [-0.1, -0.05) is 25.9 Å². The highest BCUT2D eigenvalue weighted by molar-refractivity contribution is 5.60. The van der Waals surface area contributed by atoms with E-state index in [1.165, 1.54) is 11.3 Å². The summed E-state index contributed by atoms with van der Waals surface area (Å²) in [6.07, 6.45) is 0. The highest BCUT2D eigenvalue weighted by Crippen LogP contribution is 2.27. The fraction of sp³-hybridized carbons (Fsp3) is 0.579. The first-order valence-electron chi connectivity index (χ1n) is 8.88. The van der Waals surface area contributed by atoms with Crippen molar-refractivity contribution in [2.24, 2.45) is 0 Å². The number of aryl methyl sites for hydroxylation is 1. The van der Waals surface area contributed by atoms with Gasteiger partial charge in [0.2, 0.25) is 5.89 Å². The van der Waals surface area contributed by atoms with Crippen molar-refractivity contribution in [1.82, 2.24) is 10.1 Å². The van der Waals surface area contributed by atoms with Crippen LogP contribution in [-0.2, 0) is 10.2 Å². The molecule has 2 aromatic rings. The maximum atomic E-state index is 5.44. The van der Waals surface area contributed by atoms with Gasteiger partial charge in [-0.2, -0.15) is 4.98 Å². The Hall–Kier alpha value is -2.08. The molecule has 0 saturated carbocycles. The Kier molecular flexibility index (Phi) is 4.99. The van der Waals surface area contributed by atoms with Gasteiger partial charge in [-0.05, 0) is 37.6 Å². The Labute approximate surface area is 149 Å². The molecule has 1 aliphatic heterocycles. The smallest absolute Gasteiger partial charge is 0.248 e. The summed E-state index contributed by atoms with van der Waals surface area (Å²) in [5.41, 5.74) is 3.41. The summed E-state index contributed by atoms with van der Waals surface area (Å²) in [4.78, 5) is 6.89. The second kappa shape index (κ2) is 7.04. The SMILES string of the molecule is Cc1cc(N2CCOCC2)ccc1N[C@H](C)c1nc(C(C)(C)C)no1. The number of aromatic nitrogens is 2. The summed E-state index contributed by atoms with van der Waals surface area (Å²) >= 11 is 0. The molecule has 3 rings (SSSR count). The highest BCUT2D eigenvalue weighted by atomic mass is 16.5. The number of ether oxygens (including phenoxy) is 1. The van der Waals surface area contributed by atoms with E-state index in [-0.39, 0.29) is 11.5 Å². The summed E-state index contributed by atoms with van der Waals surface area (Å²) in [6, 6.07) is 6.45. The van der Waals surface area contributed by atoms with Crippen molar-refractivity contribution < 1.29 is 9.26 Å². The molecule has 0 unspecified atom stereocenters. The van der Waals surface area contributed by atoms with Crippen molar-refractivity contribution >= 4 is 11.4 Å². The van der Waals surface area contributed by atoms with Crippen LogP contribution in [0.3, 0.4) is 0 Å². The molecule has 0 radical (unpaired) electrons. The Balaban J connectivity index is 1.70. The van der Waals surface area contributed by atoms with E-state index in [0.717, 1.165) is 37.8 Å². The third-order valence-electron chi connectivity index (χ3n) is 4.44. The zero-order chi connectivity index (χ0) is 18.0. The van der Waals surface area contributed by atoms with Gasteiger partial charge in [0, 0.05) is 29.9 Å². The van der Waals surface area contributed by atoms with Crippen LogP contribution in [0.4, 0.5) is 11.4 Å². The molecule has 1 aliphatic rings. The first-order chi connectivity index (χ1) is 11.8. The number of rotatable bonds is 4. The highest BCUT2D eigenvalue weighted by Gasteiger charge is 2.23. The van der Waals surface area contributed by atoms with Crippen LogP contribution in [0.25, 0.3) is 0 Å². The zero-order valence-electron chi connectivity index (χ0n) is 15.8. The summed E-state index contributed by atoms with van der Waals surface area (Å²) in [5.74, 6) is 1.34. The Morgan fingerprint density at radius 1 is 1.20 bits per heavy atom. The minimum absolute atomic E-state index is 0.0449. The molecule has 0 aliphatic carbocycles. The molecule has 2 heterocycles. The van der Waals surface area contributed by atoms with Gasteiger partial charge in [-0.15, -0.1) is 0 Å². The number of hydrogen-bond donors (Lipinski definition) is 1. The lowest BCUT2D eigenvalue weighted by Gasteiger charge is -2.29. The van der Waals surface area contributed by atoms with Crippen molar-refractivity contribution in [2.75, 3.05) is 36.5 Å². The summed E-state index contributed by atoms with van der Waals surface area (Å²) in [7, 11) is 0. The van der Waals surface area contributed by atoms with Crippen molar-refractivity contribution in [2.45, 2.75) is 46.1 Å². The normalized spacial score (nSPS) is 16.8. The predicted octanol–water partition coefficient (Wildman–Crippen LogP) is 3.69. The van der Waals surface area contributed by atoms with Crippen molar-refractivity contribution in [3.63, 3.8) is 0 Å². The fourth-order valence-electron chi connectivity index (χ4n) is 2.84. The van der Waals surface area contributed by atoms with Gasteiger partial charge in [0.1, 0.15) is 6.04 Å². The molecule has 0 spiro atoms. The maximum Gasteiger partial charge on any atom is 0.248 e. The van der Waals surface area contributed by atoms with Gasteiger partial charge < -0.3 is 19.5 Å². The quantitative estimate of drug-likeness (QED) is 0.913. The number of benzene rings is 1. The third kappa shape index (κ3) is 4.12. The van der Waals surface area contributed by atoms with Gasteiger partial charge in [-0.3, -0.25) is 0 Å². The summed E-state index contributed by atoms with van der Waals surface area (Å²) < 4.78 is 10.9. The predicted molar refractivity (Wildman–Crippen MR) is 99.2 cm³/mol. The lowest BCUT2D eigenvalue weighted by Crippen LogP contribution is -2.36. The molecule has 136 valence electrons. The molecule has 25 heavy (non-hydrogen) atoms. The van der Waals surface area contributed by atoms with Crippen LogP contribution in [-0.4, -0.2) is 36.4 Å². The number of nitrogens with one attached hydrogen (secondary N) is 1. The second-order valence-electron chi connectivity index (χ2n) is 7.67. The van der Waals surface area contributed by atoms with Gasteiger partial charge in [0.05, 0.1) is 13.2 Å². The number of nitrogens with zero attached hydrogens (tertiary/aromatic N) is 3. The van der Waals surface area contributed by atoms with Crippen molar-refractivity contribution in [1.29, 1.82) is 0 Å². The molecule has 0 bridgehead atoms. The Morgan fingerprint density at radius 2 is 1.92 bits per heavy atom. The molecule has 1 N–H and O–H groups in total. The lowest BCUT2D eigenvalue weighted by molar-refractivity contribution is 0.122. The molecule has 1 saturated heterocycles. The zero-order valence-corrected chi connectivity index (χ0v) is 15.8. The second-order valence-corrected chi connectivity index (χ2v) is 7.67. The largest absolute Gasteiger partial charge is 0.378 e. The molecule has 0 amide bonds. The molecule has 1 aromatic carbocycles. The van der Waals surface area contributed by atoms with E-state index in [1.807, 2.05) is 6.92 Å². The van der Waals surface area contributed by atoms with E-state index in [2.05, 4.69) is 66.3 Å². The van der Waals surface area contributed by atoms with Crippen LogP contribution in [0.2, 0.25) is 0 Å². The lowest BCUT2D eigenvalue weighted by atomic mass is 9.96. The first-order valence-corrected chi connectivity index (χ1v) is 8.88. The van der Waals surface area contributed by atoms with Crippen LogP contribution in [0.5, 0.6) is 0 Å². The van der Waals surface area contributed by atoms with Crippen LogP contribution >= 0.6 is 0 Å². The van der Waals surface area contributed by atoms with E-state index < -0.39 is 0 Å². The molecular formula is C19H28N4O2. The Bertz CT molecular complexity index is 714. The molecule has 1 atom stereocenters. The number of anilines is 2. The van der Waals surface area contributed by atoms with Crippen LogP contribution < -0.4 is 10.2 Å². The summed E-state index contributed by atoms with van der Waals surface area (Å²) in [5, 5.41) is 7.59. The van der Waals surface area contributed by atoms with Gasteiger partial charge >= 0.3 is 0 Å². The average Bonchev–Trinajstić information content (AvgIpc) is 3.08. The van der Waals surface area contributed by atoms with E-state index in [9.17, 15) is 0 Å². The van der Waals surface area contributed by atoms with Gasteiger partial charge in [0.15, 0.2) is 5.82 Å². The molecule has 1 fully saturated rings. The van der Waals surface area contributed by atoms with Gasteiger partial charge in [-0.25, -0.2) is 0 Å². The fourth-order valence-corrected chi connectivity index (χ4v) is 2.84. The minimum Gasteiger partial charge on any atom is -0.378 e. The topological polar surface area (TPSA) is 63.4 Å². The van der Waals surface area contributed by atoms with Crippen molar-refractivity contribution in [3.8, 4) is 0 Å². The average molecular weight is 344 g/mol. The third-order valence-corrected chi connectivity index (χ3v) is 4.44. The standard InChI is InChI=1S/C19H28N4O2/c1-13-12-15(23-8-10-24-11-9-23)6-7-16(13)20-14(2)17-21-18(22-25-17)19(3,4)5/h6-7,12,14,20H,8-11H2,1-5H3/t14-/m1/s1. The summed E-state index contributed by atoms with van der Waals surface area (Å²) in [6.45, 7) is 13.9. The van der Waals surface area contributed by atoms with E-state index in [4.69, 9.17) is 9.26 Å². The number of morpholine rings is 1. The number of hydrogen-bond acceptors (Lipinski definition) is 6. The molecule has 1 aromatic heterocycles. The maximum absolute atomic E-state index is 5.44. The molecular weight excluding hydrogens is 316 g/mol. The van der Waals surface area contributed by atoms with Crippen LogP contribution in [0.15, 0.2) is 22.7 Å². The van der Waals surface area contributed by atoms with Crippen LogP contribution in [0, 0.1) is 6.92 Å². The van der Waals surface area contributed by atoms with E-state index in [1.54, 1.807) is 0 Å². The monoisotopic (exact) mass is 344 g/mol. The van der Waals surface area contributed by atoms with Crippen molar-refractivity contribution in [3.05, 3.63) is 35.5 Å². The Morgan fingerprint density at radius 3 is 2.52 bits per heavy atom.